The van der Waals surface area contributed by atoms with Gasteiger partial charge < -0.3 is 4.74 Å². The van der Waals surface area contributed by atoms with Crippen molar-refractivity contribution in [1.82, 2.24) is 0 Å². The molecule has 0 aromatic heterocycles. The van der Waals surface area contributed by atoms with Crippen LogP contribution in [-0.4, -0.2) is 12.6 Å². The molecule has 2 rings (SSSR count). The highest BCUT2D eigenvalue weighted by atomic mass is 19.1. The highest BCUT2D eigenvalue weighted by Crippen LogP contribution is 2.35. The number of halogens is 1. The molecule has 0 N–H and O–H groups in total. The number of carbonyl (C=O) groups is 1. The fraction of sp³-hybridized carbons (Fsp3) is 0.500. The maximum Gasteiger partial charge on any atom is 0.306 e. The van der Waals surface area contributed by atoms with E-state index in [1.165, 1.54) is 6.07 Å². The molecule has 0 aliphatic heterocycles. The second kappa shape index (κ2) is 5.30. The van der Waals surface area contributed by atoms with Gasteiger partial charge in [-0.25, -0.2) is 4.39 Å². The summed E-state index contributed by atoms with van der Waals surface area (Å²) in [6.07, 6.45) is 3.03. The van der Waals surface area contributed by atoms with Crippen molar-refractivity contribution in [3.05, 3.63) is 35.1 Å². The third-order valence-corrected chi connectivity index (χ3v) is 3.29. The van der Waals surface area contributed by atoms with E-state index in [0.29, 0.717) is 13.0 Å². The molecule has 92 valence electrons. The molecule has 3 heteroatoms. The molecule has 0 fully saturated rings. The van der Waals surface area contributed by atoms with E-state index in [4.69, 9.17) is 4.74 Å². The molecule has 1 aromatic carbocycles. The Bertz CT molecular complexity index is 415. The number of esters is 1. The molecule has 2 nitrogen and oxygen atoms in total. The Hall–Kier alpha value is -1.38. The molecule has 0 amide bonds. The smallest absolute Gasteiger partial charge is 0.306 e. The van der Waals surface area contributed by atoms with Crippen molar-refractivity contribution in [2.24, 2.45) is 0 Å². The fourth-order valence-corrected chi connectivity index (χ4v) is 2.54. The maximum absolute atomic E-state index is 13.6. The Morgan fingerprint density at radius 2 is 2.35 bits per heavy atom. The van der Waals surface area contributed by atoms with Gasteiger partial charge in [0, 0.05) is 0 Å². The van der Waals surface area contributed by atoms with Crippen molar-refractivity contribution < 1.29 is 13.9 Å². The molecule has 1 unspecified atom stereocenters. The number of hydrogen-bond acceptors (Lipinski definition) is 2. The van der Waals surface area contributed by atoms with Crippen LogP contribution in [0.1, 0.15) is 43.2 Å². The van der Waals surface area contributed by atoms with Crippen LogP contribution in [-0.2, 0) is 16.0 Å². The van der Waals surface area contributed by atoms with Gasteiger partial charge in [0.1, 0.15) is 5.82 Å². The Morgan fingerprint density at radius 1 is 1.53 bits per heavy atom. The minimum Gasteiger partial charge on any atom is -0.466 e. The van der Waals surface area contributed by atoms with Gasteiger partial charge in [0.25, 0.3) is 0 Å². The van der Waals surface area contributed by atoms with Crippen molar-refractivity contribution in [3.8, 4) is 0 Å². The molecule has 0 radical (unpaired) electrons. The van der Waals surface area contributed by atoms with E-state index in [0.717, 1.165) is 30.4 Å². The highest BCUT2D eigenvalue weighted by molar-refractivity contribution is 5.70. The van der Waals surface area contributed by atoms with Crippen molar-refractivity contribution in [3.63, 3.8) is 0 Å². The van der Waals surface area contributed by atoms with Gasteiger partial charge in [0.2, 0.25) is 0 Å². The summed E-state index contributed by atoms with van der Waals surface area (Å²) in [5, 5.41) is 0. The number of ether oxygens (including phenoxy) is 1. The van der Waals surface area contributed by atoms with Gasteiger partial charge in [0.15, 0.2) is 0 Å². The van der Waals surface area contributed by atoms with Gasteiger partial charge in [-0.05, 0) is 49.3 Å². The third kappa shape index (κ3) is 2.65. The number of carbonyl (C=O) groups excluding carboxylic acids is 1. The monoisotopic (exact) mass is 236 g/mol. The summed E-state index contributed by atoms with van der Waals surface area (Å²) in [5.74, 6) is -0.209. The van der Waals surface area contributed by atoms with Gasteiger partial charge in [-0.3, -0.25) is 4.79 Å². The van der Waals surface area contributed by atoms with Crippen molar-refractivity contribution in [2.45, 2.75) is 38.5 Å². The quantitative estimate of drug-likeness (QED) is 0.753. The Balaban J connectivity index is 2.17. The van der Waals surface area contributed by atoms with Crippen LogP contribution in [0.4, 0.5) is 4.39 Å². The summed E-state index contributed by atoms with van der Waals surface area (Å²) in [6.45, 7) is 2.20. The van der Waals surface area contributed by atoms with E-state index in [-0.39, 0.29) is 17.7 Å². The number of fused-ring (bicyclic) bond motifs is 1. The normalized spacial score (nSPS) is 18.6. The van der Waals surface area contributed by atoms with Gasteiger partial charge in [-0.2, -0.15) is 0 Å². The number of hydrogen-bond donors (Lipinski definition) is 0. The zero-order valence-electron chi connectivity index (χ0n) is 10.0. The summed E-state index contributed by atoms with van der Waals surface area (Å²) in [6, 6.07) is 5.14. The lowest BCUT2D eigenvalue weighted by molar-refractivity contribution is -0.143. The predicted molar refractivity (Wildman–Crippen MR) is 63.3 cm³/mol. The van der Waals surface area contributed by atoms with Crippen LogP contribution in [0.15, 0.2) is 18.2 Å². The molecule has 0 saturated heterocycles. The first-order valence-electron chi connectivity index (χ1n) is 6.15. The summed E-state index contributed by atoms with van der Waals surface area (Å²) in [5.41, 5.74) is 1.78. The van der Waals surface area contributed by atoms with Crippen LogP contribution in [0, 0.1) is 5.82 Å². The summed E-state index contributed by atoms with van der Waals surface area (Å²) in [4.78, 5) is 11.5. The molecule has 1 aliphatic carbocycles. The fourth-order valence-electron chi connectivity index (χ4n) is 2.54. The standard InChI is InChI=1S/C14H17FO2/c1-2-17-14(16)9-10-5-3-7-12-11(10)6-4-8-13(12)15/h4,6,8,10H,2-3,5,7,9H2,1H3. The van der Waals surface area contributed by atoms with E-state index in [2.05, 4.69) is 0 Å². The molecule has 0 saturated carbocycles. The van der Waals surface area contributed by atoms with Crippen molar-refractivity contribution in [2.75, 3.05) is 6.61 Å². The molecular formula is C14H17FO2. The average Bonchev–Trinajstić information content (AvgIpc) is 2.31. The number of benzene rings is 1. The largest absolute Gasteiger partial charge is 0.466 e. The zero-order valence-corrected chi connectivity index (χ0v) is 10.0. The molecule has 1 atom stereocenters. The molecule has 1 aliphatic rings. The van der Waals surface area contributed by atoms with Crippen LogP contribution in [0.5, 0.6) is 0 Å². The summed E-state index contributed by atoms with van der Waals surface area (Å²) < 4.78 is 18.6. The Labute approximate surface area is 101 Å². The van der Waals surface area contributed by atoms with Crippen molar-refractivity contribution >= 4 is 5.97 Å². The first kappa shape index (κ1) is 12.1. The topological polar surface area (TPSA) is 26.3 Å². The second-order valence-corrected chi connectivity index (χ2v) is 4.41. The summed E-state index contributed by atoms with van der Waals surface area (Å²) >= 11 is 0. The van der Waals surface area contributed by atoms with Gasteiger partial charge in [-0.15, -0.1) is 0 Å². The van der Waals surface area contributed by atoms with Gasteiger partial charge in [-0.1, -0.05) is 12.1 Å². The molecule has 0 bridgehead atoms. The minimum absolute atomic E-state index is 0.119. The van der Waals surface area contributed by atoms with Crippen LogP contribution in [0.3, 0.4) is 0 Å². The third-order valence-electron chi connectivity index (χ3n) is 3.29. The van der Waals surface area contributed by atoms with Crippen LogP contribution in [0.25, 0.3) is 0 Å². The van der Waals surface area contributed by atoms with Crippen LogP contribution >= 0.6 is 0 Å². The molecular weight excluding hydrogens is 219 g/mol. The second-order valence-electron chi connectivity index (χ2n) is 4.41. The summed E-state index contributed by atoms with van der Waals surface area (Å²) in [7, 11) is 0. The maximum atomic E-state index is 13.6. The van der Waals surface area contributed by atoms with E-state index >= 15 is 0 Å². The highest BCUT2D eigenvalue weighted by Gasteiger charge is 2.24. The van der Waals surface area contributed by atoms with Crippen LogP contribution in [0.2, 0.25) is 0 Å². The molecule has 0 heterocycles. The SMILES string of the molecule is CCOC(=O)CC1CCCc2c(F)cccc21. The van der Waals surface area contributed by atoms with Crippen LogP contribution < -0.4 is 0 Å². The lowest BCUT2D eigenvalue weighted by Gasteiger charge is -2.25. The molecule has 0 spiro atoms. The zero-order chi connectivity index (χ0) is 12.3. The first-order valence-corrected chi connectivity index (χ1v) is 6.15. The Morgan fingerprint density at radius 3 is 3.12 bits per heavy atom. The average molecular weight is 236 g/mol. The van der Waals surface area contributed by atoms with E-state index in [1.54, 1.807) is 13.0 Å². The number of rotatable bonds is 3. The Kier molecular flexibility index (Phi) is 3.77. The first-order chi connectivity index (χ1) is 8.22. The molecule has 17 heavy (non-hydrogen) atoms. The minimum atomic E-state index is -0.186. The van der Waals surface area contributed by atoms with E-state index in [1.807, 2.05) is 6.07 Å². The predicted octanol–water partition coefficient (Wildman–Crippen LogP) is 3.20. The molecule has 1 aromatic rings. The van der Waals surface area contributed by atoms with Gasteiger partial charge in [0.05, 0.1) is 13.0 Å². The van der Waals surface area contributed by atoms with E-state index in [9.17, 15) is 9.18 Å². The van der Waals surface area contributed by atoms with E-state index < -0.39 is 0 Å². The lowest BCUT2D eigenvalue weighted by Crippen LogP contribution is -2.16. The lowest BCUT2D eigenvalue weighted by atomic mass is 9.81. The van der Waals surface area contributed by atoms with Gasteiger partial charge >= 0.3 is 5.97 Å². The van der Waals surface area contributed by atoms with Crippen molar-refractivity contribution in [1.29, 1.82) is 0 Å².